The number of benzene rings is 2. The molecule has 2 aromatic carbocycles. The molecular weight excluding hydrogens is 382 g/mol. The molecule has 0 aromatic heterocycles. The van der Waals surface area contributed by atoms with E-state index in [1.165, 1.54) is 14.1 Å². The quantitative estimate of drug-likeness (QED) is 0.749. The van der Waals surface area contributed by atoms with Gasteiger partial charge in [-0.2, -0.15) is 12.7 Å². The highest BCUT2D eigenvalue weighted by Crippen LogP contribution is 2.30. The molecule has 1 amide bonds. The monoisotopic (exact) mass is 405 g/mol. The van der Waals surface area contributed by atoms with Crippen LogP contribution in [0.15, 0.2) is 54.6 Å². The lowest BCUT2D eigenvalue weighted by molar-refractivity contribution is -0.120. The van der Waals surface area contributed by atoms with Crippen molar-refractivity contribution in [3.05, 3.63) is 54.6 Å². The molecule has 1 heterocycles. The highest BCUT2D eigenvalue weighted by molar-refractivity contribution is 7.90. The van der Waals surface area contributed by atoms with Crippen molar-refractivity contribution < 1.29 is 22.7 Å². The van der Waals surface area contributed by atoms with Crippen LogP contribution in [-0.4, -0.2) is 58.5 Å². The Morgan fingerprint density at radius 2 is 1.71 bits per heavy atom. The average Bonchev–Trinajstić information content (AvgIpc) is 2.70. The maximum absolute atomic E-state index is 12.6. The molecule has 0 spiro atoms. The zero-order valence-corrected chi connectivity index (χ0v) is 16.6. The predicted octanol–water partition coefficient (Wildman–Crippen LogP) is 1.26. The minimum atomic E-state index is -3.82. The normalized spacial score (nSPS) is 15.9. The van der Waals surface area contributed by atoms with Crippen LogP contribution in [0.1, 0.15) is 0 Å². The molecule has 1 aliphatic heterocycles. The molecule has 1 atom stereocenters. The molecule has 1 aliphatic rings. The fourth-order valence-electron chi connectivity index (χ4n) is 2.68. The Hall–Kier alpha value is -2.78. The summed E-state index contributed by atoms with van der Waals surface area (Å²) in [5.41, 5.74) is 0.414. The summed E-state index contributed by atoms with van der Waals surface area (Å²) in [4.78, 5) is 12.5. The van der Waals surface area contributed by atoms with Gasteiger partial charge in [0.25, 0.3) is 0 Å². The molecule has 150 valence electrons. The van der Waals surface area contributed by atoms with Gasteiger partial charge in [-0.15, -0.1) is 0 Å². The molecule has 0 bridgehead atoms. The second kappa shape index (κ2) is 8.49. The van der Waals surface area contributed by atoms with E-state index in [1.54, 1.807) is 36.4 Å². The molecule has 28 heavy (non-hydrogen) atoms. The van der Waals surface area contributed by atoms with Crippen LogP contribution in [0.4, 0.5) is 5.69 Å². The number of rotatable bonds is 7. The molecule has 8 nitrogen and oxygen atoms in total. The average molecular weight is 405 g/mol. The lowest BCUT2D eigenvalue weighted by atomic mass is 10.2. The van der Waals surface area contributed by atoms with Crippen LogP contribution >= 0.6 is 0 Å². The highest BCUT2D eigenvalue weighted by Gasteiger charge is 2.28. The fourth-order valence-corrected chi connectivity index (χ4v) is 3.74. The second-order valence-corrected chi connectivity index (χ2v) is 8.50. The lowest BCUT2D eigenvalue weighted by Gasteiger charge is -2.28. The number of carbonyl (C=O) groups excluding carboxylic acids is 1. The van der Waals surface area contributed by atoms with Crippen molar-refractivity contribution >= 4 is 21.8 Å². The molecule has 0 saturated carbocycles. The van der Waals surface area contributed by atoms with Crippen molar-refractivity contribution in [3.8, 4) is 11.5 Å². The lowest BCUT2D eigenvalue weighted by Crippen LogP contribution is -2.48. The molecule has 0 fully saturated rings. The Morgan fingerprint density at radius 3 is 2.39 bits per heavy atom. The molecule has 0 radical (unpaired) electrons. The van der Waals surface area contributed by atoms with E-state index in [0.717, 1.165) is 8.61 Å². The van der Waals surface area contributed by atoms with E-state index in [9.17, 15) is 13.2 Å². The van der Waals surface area contributed by atoms with Gasteiger partial charge in [0.05, 0.1) is 12.2 Å². The summed E-state index contributed by atoms with van der Waals surface area (Å²) in [5.74, 6) is 0.850. The van der Waals surface area contributed by atoms with Gasteiger partial charge in [0.1, 0.15) is 19.3 Å². The topological polar surface area (TPSA) is 88.2 Å². The van der Waals surface area contributed by atoms with E-state index in [2.05, 4.69) is 5.32 Å². The molecule has 9 heteroatoms. The summed E-state index contributed by atoms with van der Waals surface area (Å²) in [6, 6.07) is 15.8. The van der Waals surface area contributed by atoms with E-state index < -0.39 is 16.1 Å². The number of nitrogens with zero attached hydrogens (tertiary/aromatic N) is 2. The fraction of sp³-hybridized carbons (Fsp3) is 0.316. The van der Waals surface area contributed by atoms with Gasteiger partial charge >= 0.3 is 10.2 Å². The van der Waals surface area contributed by atoms with Crippen LogP contribution in [0.25, 0.3) is 0 Å². The Bertz CT molecular complexity index is 918. The Labute approximate surface area is 164 Å². The van der Waals surface area contributed by atoms with Gasteiger partial charge in [0.15, 0.2) is 11.5 Å². The van der Waals surface area contributed by atoms with Crippen molar-refractivity contribution in [2.75, 3.05) is 38.1 Å². The molecule has 1 unspecified atom stereocenters. The summed E-state index contributed by atoms with van der Waals surface area (Å²) < 4.78 is 38.8. The van der Waals surface area contributed by atoms with E-state index in [-0.39, 0.29) is 19.2 Å². The zero-order chi connectivity index (χ0) is 20.1. The van der Waals surface area contributed by atoms with Gasteiger partial charge in [-0.3, -0.25) is 4.79 Å². The number of amides is 1. The largest absolute Gasteiger partial charge is 0.486 e. The van der Waals surface area contributed by atoms with Gasteiger partial charge < -0.3 is 14.8 Å². The van der Waals surface area contributed by atoms with Crippen LogP contribution in [-0.2, 0) is 15.0 Å². The summed E-state index contributed by atoms with van der Waals surface area (Å²) in [7, 11) is -0.972. The minimum Gasteiger partial charge on any atom is -0.486 e. The van der Waals surface area contributed by atoms with E-state index in [0.29, 0.717) is 23.8 Å². The van der Waals surface area contributed by atoms with Crippen LogP contribution in [0.2, 0.25) is 0 Å². The molecule has 2 aromatic rings. The van der Waals surface area contributed by atoms with Crippen LogP contribution in [0, 0.1) is 0 Å². The maximum atomic E-state index is 12.6. The maximum Gasteiger partial charge on any atom is 0.304 e. The van der Waals surface area contributed by atoms with Crippen LogP contribution in [0.3, 0.4) is 0 Å². The van der Waals surface area contributed by atoms with Gasteiger partial charge in [-0.25, -0.2) is 4.31 Å². The summed E-state index contributed by atoms with van der Waals surface area (Å²) in [6.45, 7) is 0.169. The SMILES string of the molecule is CN(C)S(=O)(=O)N(CC(=O)NCC1COc2ccccc2O1)c1ccccc1. The smallest absolute Gasteiger partial charge is 0.304 e. The van der Waals surface area contributed by atoms with Gasteiger partial charge in [0.2, 0.25) is 5.91 Å². The molecule has 0 aliphatic carbocycles. The number of hydrogen-bond acceptors (Lipinski definition) is 5. The van der Waals surface area contributed by atoms with Crippen molar-refractivity contribution in [2.45, 2.75) is 6.10 Å². The molecule has 1 N–H and O–H groups in total. The number of carbonyl (C=O) groups is 1. The van der Waals surface area contributed by atoms with Gasteiger partial charge in [0, 0.05) is 14.1 Å². The Morgan fingerprint density at radius 1 is 1.07 bits per heavy atom. The van der Waals surface area contributed by atoms with Crippen molar-refractivity contribution in [1.29, 1.82) is 0 Å². The number of ether oxygens (including phenoxy) is 2. The van der Waals surface area contributed by atoms with Crippen molar-refractivity contribution in [2.24, 2.45) is 0 Å². The van der Waals surface area contributed by atoms with E-state index in [4.69, 9.17) is 9.47 Å². The molecular formula is C19H23N3O5S. The third kappa shape index (κ3) is 4.55. The van der Waals surface area contributed by atoms with Crippen molar-refractivity contribution in [1.82, 2.24) is 9.62 Å². The number of hydrogen-bond donors (Lipinski definition) is 1. The highest BCUT2D eigenvalue weighted by atomic mass is 32.2. The zero-order valence-electron chi connectivity index (χ0n) is 15.7. The standard InChI is InChI=1S/C19H23N3O5S/c1-21(2)28(24,25)22(15-8-4-3-5-9-15)13-19(23)20-12-16-14-26-17-10-6-7-11-18(17)27-16/h3-11,16H,12-14H2,1-2H3,(H,20,23). The Kier molecular flexibility index (Phi) is 6.05. The third-order valence-corrected chi connectivity index (χ3v) is 5.99. The first-order valence-electron chi connectivity index (χ1n) is 8.78. The summed E-state index contributed by atoms with van der Waals surface area (Å²) >= 11 is 0. The number of para-hydroxylation sites is 3. The van der Waals surface area contributed by atoms with Crippen LogP contribution < -0.4 is 19.1 Å². The first-order valence-corrected chi connectivity index (χ1v) is 10.2. The number of anilines is 1. The number of fused-ring (bicyclic) bond motifs is 1. The Balaban J connectivity index is 1.63. The van der Waals surface area contributed by atoms with Gasteiger partial charge in [-0.05, 0) is 24.3 Å². The van der Waals surface area contributed by atoms with Gasteiger partial charge in [-0.1, -0.05) is 30.3 Å². The summed E-state index contributed by atoms with van der Waals surface area (Å²) in [6.07, 6.45) is -0.352. The van der Waals surface area contributed by atoms with Crippen LogP contribution in [0.5, 0.6) is 11.5 Å². The van der Waals surface area contributed by atoms with E-state index >= 15 is 0 Å². The molecule has 0 saturated heterocycles. The third-order valence-electron chi connectivity index (χ3n) is 4.17. The number of nitrogens with one attached hydrogen (secondary N) is 1. The summed E-state index contributed by atoms with van der Waals surface area (Å²) in [5, 5.41) is 2.73. The predicted molar refractivity (Wildman–Crippen MR) is 106 cm³/mol. The first-order chi connectivity index (χ1) is 13.4. The second-order valence-electron chi connectivity index (χ2n) is 6.43. The molecule has 3 rings (SSSR count). The van der Waals surface area contributed by atoms with Crippen molar-refractivity contribution in [3.63, 3.8) is 0 Å². The minimum absolute atomic E-state index is 0.206. The first kappa shape index (κ1) is 20.0. The van der Waals surface area contributed by atoms with E-state index in [1.807, 2.05) is 18.2 Å².